The fraction of sp³-hybridized carbons (Fsp3) is 0.625. The Hall–Kier alpha value is -0.830. The van der Waals surface area contributed by atoms with Crippen LogP contribution in [0.3, 0.4) is 0 Å². The number of hydrogen-bond donors (Lipinski definition) is 1. The van der Waals surface area contributed by atoms with Gasteiger partial charge in [-0.1, -0.05) is 23.1 Å². The molecule has 0 saturated carbocycles. The first kappa shape index (κ1) is 14.2. The number of aryl methyl sites for hydroxylation is 1. The minimum absolute atomic E-state index is 0.567. The zero-order valence-corrected chi connectivity index (χ0v) is 10.7. The second kappa shape index (κ2) is 5.67. The first-order valence-electron chi connectivity index (χ1n) is 4.59. The van der Waals surface area contributed by atoms with Crippen LogP contribution < -0.4 is 5.32 Å². The molecule has 1 amide bonds. The van der Waals surface area contributed by atoms with Gasteiger partial charge in [-0.3, -0.25) is 4.79 Å². The van der Waals surface area contributed by atoms with Crippen molar-refractivity contribution in [3.63, 3.8) is 0 Å². The van der Waals surface area contributed by atoms with Crippen LogP contribution in [0.5, 0.6) is 0 Å². The van der Waals surface area contributed by atoms with E-state index >= 15 is 0 Å². The standard InChI is InChI=1S/C8H10F3N3OS2/c1-4(6(15)12-3-8(9,10)11)16-7-14-13-5(2)17-7/h4H,3H2,1-2H3,(H,12,15). The van der Waals surface area contributed by atoms with Gasteiger partial charge < -0.3 is 5.32 Å². The number of rotatable bonds is 4. The van der Waals surface area contributed by atoms with Crippen molar-refractivity contribution in [2.24, 2.45) is 0 Å². The fourth-order valence-corrected chi connectivity index (χ4v) is 2.85. The van der Waals surface area contributed by atoms with Crippen molar-refractivity contribution >= 4 is 29.0 Å². The number of halogens is 3. The molecule has 0 aliphatic carbocycles. The van der Waals surface area contributed by atoms with E-state index in [9.17, 15) is 18.0 Å². The summed E-state index contributed by atoms with van der Waals surface area (Å²) in [5, 5.41) is 9.46. The predicted octanol–water partition coefficient (Wildman–Crippen LogP) is 2.01. The third-order valence-corrected chi connectivity index (χ3v) is 3.64. The Bertz CT molecular complexity index is 394. The maximum absolute atomic E-state index is 11.9. The highest BCUT2D eigenvalue weighted by Crippen LogP contribution is 2.26. The van der Waals surface area contributed by atoms with Gasteiger partial charge in [0, 0.05) is 0 Å². The topological polar surface area (TPSA) is 54.9 Å². The molecule has 0 aliphatic rings. The van der Waals surface area contributed by atoms with Crippen molar-refractivity contribution in [2.75, 3.05) is 6.54 Å². The first-order chi connectivity index (χ1) is 7.78. The van der Waals surface area contributed by atoms with Gasteiger partial charge in [-0.25, -0.2) is 0 Å². The van der Waals surface area contributed by atoms with Gasteiger partial charge in [-0.2, -0.15) is 13.2 Å². The zero-order valence-electron chi connectivity index (χ0n) is 9.04. The van der Waals surface area contributed by atoms with Gasteiger partial charge in [0.25, 0.3) is 0 Å². The van der Waals surface area contributed by atoms with Crippen LogP contribution in [0.2, 0.25) is 0 Å². The largest absolute Gasteiger partial charge is 0.405 e. The third-order valence-electron chi connectivity index (χ3n) is 1.62. The summed E-state index contributed by atoms with van der Waals surface area (Å²) in [7, 11) is 0. The van der Waals surface area contributed by atoms with E-state index in [2.05, 4.69) is 10.2 Å². The quantitative estimate of drug-likeness (QED) is 0.860. The average Bonchev–Trinajstić information content (AvgIpc) is 2.59. The Kier molecular flexibility index (Phi) is 4.75. The minimum atomic E-state index is -4.39. The average molecular weight is 285 g/mol. The molecule has 9 heteroatoms. The lowest BCUT2D eigenvalue weighted by Gasteiger charge is -2.11. The van der Waals surface area contributed by atoms with Crippen LogP contribution in [-0.2, 0) is 4.79 Å². The summed E-state index contributed by atoms with van der Waals surface area (Å²) in [6.07, 6.45) is -4.39. The van der Waals surface area contributed by atoms with Crippen molar-refractivity contribution in [1.29, 1.82) is 0 Å². The molecule has 0 saturated heterocycles. The summed E-state index contributed by atoms with van der Waals surface area (Å²) in [5.41, 5.74) is 0. The normalized spacial score (nSPS) is 13.5. The van der Waals surface area contributed by atoms with Gasteiger partial charge in [0.05, 0.1) is 5.25 Å². The summed E-state index contributed by atoms with van der Waals surface area (Å²) in [6, 6.07) is 0. The van der Waals surface area contributed by atoms with Crippen LogP contribution in [0.25, 0.3) is 0 Å². The van der Waals surface area contributed by atoms with Crippen molar-refractivity contribution in [3.8, 4) is 0 Å². The van der Waals surface area contributed by atoms with Gasteiger partial charge in [-0.05, 0) is 13.8 Å². The smallest absolute Gasteiger partial charge is 0.346 e. The van der Waals surface area contributed by atoms with E-state index in [0.29, 0.717) is 4.34 Å². The Labute approximate surface area is 104 Å². The molecule has 1 rings (SSSR count). The van der Waals surface area contributed by atoms with E-state index in [1.54, 1.807) is 6.92 Å². The van der Waals surface area contributed by atoms with Gasteiger partial charge in [0.15, 0.2) is 4.34 Å². The maximum atomic E-state index is 11.9. The van der Waals surface area contributed by atoms with E-state index in [1.165, 1.54) is 18.3 Å². The van der Waals surface area contributed by atoms with Gasteiger partial charge in [0.2, 0.25) is 5.91 Å². The molecule has 1 aromatic heterocycles. The van der Waals surface area contributed by atoms with Crippen LogP contribution in [0, 0.1) is 6.92 Å². The van der Waals surface area contributed by atoms with Crippen LogP contribution >= 0.6 is 23.1 Å². The molecule has 0 radical (unpaired) electrons. The van der Waals surface area contributed by atoms with Crippen molar-refractivity contribution in [2.45, 2.75) is 29.6 Å². The van der Waals surface area contributed by atoms with Crippen LogP contribution in [0.1, 0.15) is 11.9 Å². The number of nitrogens with zero attached hydrogens (tertiary/aromatic N) is 2. The van der Waals surface area contributed by atoms with Crippen LogP contribution in [0.4, 0.5) is 13.2 Å². The molecule has 0 fully saturated rings. The van der Waals surface area contributed by atoms with Gasteiger partial charge in [0.1, 0.15) is 11.6 Å². The highest BCUT2D eigenvalue weighted by atomic mass is 32.2. The van der Waals surface area contributed by atoms with E-state index in [0.717, 1.165) is 16.8 Å². The molecular formula is C8H10F3N3OS2. The maximum Gasteiger partial charge on any atom is 0.405 e. The number of aromatic nitrogens is 2. The van der Waals surface area contributed by atoms with Crippen molar-refractivity contribution < 1.29 is 18.0 Å². The molecular weight excluding hydrogens is 275 g/mol. The molecule has 17 heavy (non-hydrogen) atoms. The highest BCUT2D eigenvalue weighted by molar-refractivity contribution is 8.02. The Morgan fingerprint density at radius 3 is 2.65 bits per heavy atom. The SMILES string of the molecule is Cc1nnc(SC(C)C(=O)NCC(F)(F)F)s1. The molecule has 0 bridgehead atoms. The third kappa shape index (κ3) is 5.35. The van der Waals surface area contributed by atoms with Crippen molar-refractivity contribution in [1.82, 2.24) is 15.5 Å². The molecule has 1 atom stereocenters. The lowest BCUT2D eigenvalue weighted by Crippen LogP contribution is -2.37. The fourth-order valence-electron chi connectivity index (χ4n) is 0.862. The zero-order chi connectivity index (χ0) is 13.1. The predicted molar refractivity (Wildman–Crippen MR) is 59.0 cm³/mol. The lowest BCUT2D eigenvalue weighted by molar-refractivity contribution is -0.137. The summed E-state index contributed by atoms with van der Waals surface area (Å²) >= 11 is 2.38. The second-order valence-electron chi connectivity index (χ2n) is 3.18. The summed E-state index contributed by atoms with van der Waals surface area (Å²) < 4.78 is 36.2. The number of amides is 1. The molecule has 1 aromatic rings. The lowest BCUT2D eigenvalue weighted by atomic mass is 10.4. The summed E-state index contributed by atoms with van der Waals surface area (Å²) in [5.74, 6) is -0.667. The van der Waals surface area contributed by atoms with E-state index in [-0.39, 0.29) is 0 Å². The summed E-state index contributed by atoms with van der Waals surface area (Å²) in [6.45, 7) is 1.97. The van der Waals surface area contributed by atoms with E-state index in [4.69, 9.17) is 0 Å². The Balaban J connectivity index is 2.42. The number of thioether (sulfide) groups is 1. The Morgan fingerprint density at radius 2 is 2.18 bits per heavy atom. The molecule has 0 aromatic carbocycles. The molecule has 1 unspecified atom stereocenters. The molecule has 1 N–H and O–H groups in total. The van der Waals surface area contributed by atoms with Crippen LogP contribution in [0.15, 0.2) is 4.34 Å². The molecule has 0 aliphatic heterocycles. The first-order valence-corrected chi connectivity index (χ1v) is 6.29. The van der Waals surface area contributed by atoms with Crippen molar-refractivity contribution in [3.05, 3.63) is 5.01 Å². The number of hydrogen-bond acceptors (Lipinski definition) is 5. The summed E-state index contributed by atoms with van der Waals surface area (Å²) in [4.78, 5) is 11.3. The van der Waals surface area contributed by atoms with Gasteiger partial charge >= 0.3 is 6.18 Å². The van der Waals surface area contributed by atoms with E-state index < -0.39 is 23.9 Å². The number of carbonyl (C=O) groups excluding carboxylic acids is 1. The number of nitrogens with one attached hydrogen (secondary N) is 1. The molecule has 1 heterocycles. The number of carbonyl (C=O) groups is 1. The Morgan fingerprint density at radius 1 is 1.53 bits per heavy atom. The molecule has 96 valence electrons. The van der Waals surface area contributed by atoms with E-state index in [1.807, 2.05) is 5.32 Å². The highest BCUT2D eigenvalue weighted by Gasteiger charge is 2.29. The molecule has 4 nitrogen and oxygen atoms in total. The molecule has 0 spiro atoms. The number of alkyl halides is 3. The minimum Gasteiger partial charge on any atom is -0.346 e. The monoisotopic (exact) mass is 285 g/mol. The van der Waals surface area contributed by atoms with Crippen LogP contribution in [-0.4, -0.2) is 34.1 Å². The van der Waals surface area contributed by atoms with Gasteiger partial charge in [-0.15, -0.1) is 10.2 Å². The second-order valence-corrected chi connectivity index (χ2v) is 5.95.